The van der Waals surface area contributed by atoms with Crippen molar-refractivity contribution in [3.8, 4) is 11.8 Å². The van der Waals surface area contributed by atoms with Gasteiger partial charge in [0.25, 0.3) is 5.91 Å². The van der Waals surface area contributed by atoms with Crippen LogP contribution in [0.4, 0.5) is 17.6 Å². The summed E-state index contributed by atoms with van der Waals surface area (Å²) in [5, 5.41) is 10.6. The van der Waals surface area contributed by atoms with Crippen LogP contribution in [0.1, 0.15) is 22.3 Å². The molecule has 0 aromatic heterocycles. The third-order valence-corrected chi connectivity index (χ3v) is 2.22. The first-order chi connectivity index (χ1) is 9.33. The molecule has 0 saturated carbocycles. The molecule has 0 heterocycles. The summed E-state index contributed by atoms with van der Waals surface area (Å²) < 4.78 is 48.9. The number of hydrogen-bond donors (Lipinski definition) is 2. The van der Waals surface area contributed by atoms with Crippen LogP contribution < -0.4 is 5.32 Å². The number of amides is 1. The molecule has 1 aromatic rings. The average molecular weight is 289 g/mol. The maximum atomic E-state index is 13.0. The van der Waals surface area contributed by atoms with Gasteiger partial charge in [0.15, 0.2) is 0 Å². The zero-order chi connectivity index (χ0) is 15.2. The van der Waals surface area contributed by atoms with Gasteiger partial charge in [0.2, 0.25) is 0 Å². The molecular formula is C13H11F4NO2. The fourth-order valence-corrected chi connectivity index (χ4v) is 1.37. The Bertz CT molecular complexity index is 544. The maximum Gasteiger partial charge on any atom is 0.390 e. The van der Waals surface area contributed by atoms with E-state index in [1.807, 2.05) is 0 Å². The highest BCUT2D eigenvalue weighted by Crippen LogP contribution is 2.18. The summed E-state index contributed by atoms with van der Waals surface area (Å²) in [5.41, 5.74) is -0.0434. The molecule has 0 aliphatic rings. The highest BCUT2D eigenvalue weighted by Gasteiger charge is 2.26. The van der Waals surface area contributed by atoms with Crippen LogP contribution in [-0.2, 0) is 0 Å². The molecule has 2 N–H and O–H groups in total. The van der Waals surface area contributed by atoms with E-state index in [1.165, 1.54) is 0 Å². The summed E-state index contributed by atoms with van der Waals surface area (Å²) in [5.74, 6) is 3.19. The van der Waals surface area contributed by atoms with Gasteiger partial charge >= 0.3 is 6.18 Å². The monoisotopic (exact) mass is 289 g/mol. The quantitative estimate of drug-likeness (QED) is 0.659. The predicted octanol–water partition coefficient (Wildman–Crippen LogP) is 1.85. The molecule has 3 nitrogen and oxygen atoms in total. The summed E-state index contributed by atoms with van der Waals surface area (Å²) in [4.78, 5) is 11.7. The van der Waals surface area contributed by atoms with Crippen molar-refractivity contribution in [3.63, 3.8) is 0 Å². The van der Waals surface area contributed by atoms with Crippen LogP contribution in [0.25, 0.3) is 0 Å². The van der Waals surface area contributed by atoms with E-state index in [4.69, 9.17) is 5.11 Å². The smallest absolute Gasteiger partial charge is 0.384 e. The largest absolute Gasteiger partial charge is 0.390 e. The third kappa shape index (κ3) is 5.28. The van der Waals surface area contributed by atoms with E-state index in [0.29, 0.717) is 0 Å². The first-order valence-corrected chi connectivity index (χ1v) is 5.57. The topological polar surface area (TPSA) is 49.3 Å². The Hall–Kier alpha value is -2.07. The number of aliphatic hydroxyl groups is 1. The average Bonchev–Trinajstić information content (AvgIpc) is 2.34. The first kappa shape index (κ1) is 16.0. The SMILES string of the molecule is O=C(NCCC(F)(F)F)c1ccc(F)cc1C#CCO. The van der Waals surface area contributed by atoms with Crippen molar-refractivity contribution in [2.45, 2.75) is 12.6 Å². The van der Waals surface area contributed by atoms with Gasteiger partial charge in [-0.15, -0.1) is 0 Å². The van der Waals surface area contributed by atoms with Crippen molar-refractivity contribution in [1.29, 1.82) is 0 Å². The second-order valence-electron chi connectivity index (χ2n) is 3.77. The van der Waals surface area contributed by atoms with Crippen LogP contribution in [0.2, 0.25) is 0 Å². The maximum absolute atomic E-state index is 13.0. The molecule has 0 atom stereocenters. The summed E-state index contributed by atoms with van der Waals surface area (Å²) >= 11 is 0. The van der Waals surface area contributed by atoms with Gasteiger partial charge in [-0.25, -0.2) is 4.39 Å². The Morgan fingerprint density at radius 3 is 2.65 bits per heavy atom. The number of hydrogen-bond acceptors (Lipinski definition) is 2. The minimum atomic E-state index is -4.37. The predicted molar refractivity (Wildman–Crippen MR) is 63.4 cm³/mol. The van der Waals surface area contributed by atoms with Gasteiger partial charge in [-0.2, -0.15) is 13.2 Å². The number of benzene rings is 1. The van der Waals surface area contributed by atoms with Crippen molar-refractivity contribution in [2.24, 2.45) is 0 Å². The second-order valence-corrected chi connectivity index (χ2v) is 3.77. The molecule has 20 heavy (non-hydrogen) atoms. The lowest BCUT2D eigenvalue weighted by atomic mass is 10.1. The zero-order valence-corrected chi connectivity index (χ0v) is 10.2. The van der Waals surface area contributed by atoms with Gasteiger partial charge < -0.3 is 10.4 Å². The minimum Gasteiger partial charge on any atom is -0.384 e. The van der Waals surface area contributed by atoms with E-state index in [-0.39, 0.29) is 11.1 Å². The second kappa shape index (κ2) is 6.91. The molecule has 0 unspecified atom stereocenters. The molecule has 0 aliphatic carbocycles. The molecule has 1 rings (SSSR count). The number of nitrogens with one attached hydrogen (secondary N) is 1. The Labute approximate surface area is 112 Å². The molecule has 1 amide bonds. The molecular weight excluding hydrogens is 278 g/mol. The fraction of sp³-hybridized carbons (Fsp3) is 0.308. The Kier molecular flexibility index (Phi) is 5.53. The summed E-state index contributed by atoms with van der Waals surface area (Å²) in [6.45, 7) is -1.06. The third-order valence-electron chi connectivity index (χ3n) is 2.22. The minimum absolute atomic E-state index is 0.00330. The van der Waals surface area contributed by atoms with E-state index in [1.54, 1.807) is 0 Å². The first-order valence-electron chi connectivity index (χ1n) is 5.57. The molecule has 0 saturated heterocycles. The van der Waals surface area contributed by atoms with Gasteiger partial charge in [-0.3, -0.25) is 4.79 Å². The van der Waals surface area contributed by atoms with Gasteiger partial charge in [-0.05, 0) is 18.2 Å². The van der Waals surface area contributed by atoms with E-state index in [9.17, 15) is 22.4 Å². The lowest BCUT2D eigenvalue weighted by Crippen LogP contribution is -2.28. The molecule has 0 aliphatic heterocycles. The Morgan fingerprint density at radius 1 is 1.35 bits per heavy atom. The summed E-state index contributed by atoms with van der Waals surface area (Å²) in [6, 6.07) is 3.10. The number of rotatable bonds is 3. The summed E-state index contributed by atoms with van der Waals surface area (Å²) in [7, 11) is 0. The number of alkyl halides is 3. The van der Waals surface area contributed by atoms with Crippen LogP contribution in [0.5, 0.6) is 0 Å². The summed E-state index contributed by atoms with van der Waals surface area (Å²) in [6.07, 6.45) is -5.52. The van der Waals surface area contributed by atoms with E-state index in [2.05, 4.69) is 17.2 Å². The Morgan fingerprint density at radius 2 is 2.05 bits per heavy atom. The molecule has 0 radical (unpaired) electrons. The van der Waals surface area contributed by atoms with E-state index >= 15 is 0 Å². The number of carbonyl (C=O) groups excluding carboxylic acids is 1. The molecule has 0 fully saturated rings. The number of carbonyl (C=O) groups is 1. The fourth-order valence-electron chi connectivity index (χ4n) is 1.37. The van der Waals surface area contributed by atoms with Crippen molar-refractivity contribution in [3.05, 3.63) is 35.1 Å². The Balaban J connectivity index is 2.82. The van der Waals surface area contributed by atoms with Gasteiger partial charge in [-0.1, -0.05) is 11.8 Å². The van der Waals surface area contributed by atoms with Gasteiger partial charge in [0.1, 0.15) is 12.4 Å². The van der Waals surface area contributed by atoms with Crippen LogP contribution in [-0.4, -0.2) is 30.3 Å². The van der Waals surface area contributed by atoms with E-state index < -0.39 is 37.5 Å². The van der Waals surface area contributed by atoms with Crippen LogP contribution in [0.3, 0.4) is 0 Å². The van der Waals surface area contributed by atoms with Crippen molar-refractivity contribution in [1.82, 2.24) is 5.32 Å². The van der Waals surface area contributed by atoms with Crippen LogP contribution in [0, 0.1) is 17.7 Å². The van der Waals surface area contributed by atoms with Crippen LogP contribution in [0.15, 0.2) is 18.2 Å². The lowest BCUT2D eigenvalue weighted by molar-refractivity contribution is -0.132. The zero-order valence-electron chi connectivity index (χ0n) is 10.2. The number of aliphatic hydroxyl groups excluding tert-OH is 1. The molecule has 108 valence electrons. The number of halogens is 4. The molecule has 7 heteroatoms. The van der Waals surface area contributed by atoms with E-state index in [0.717, 1.165) is 18.2 Å². The highest BCUT2D eigenvalue weighted by molar-refractivity contribution is 5.96. The van der Waals surface area contributed by atoms with Gasteiger partial charge in [0.05, 0.1) is 12.0 Å². The van der Waals surface area contributed by atoms with Crippen molar-refractivity contribution in [2.75, 3.05) is 13.2 Å². The highest BCUT2D eigenvalue weighted by atomic mass is 19.4. The van der Waals surface area contributed by atoms with Crippen molar-refractivity contribution >= 4 is 5.91 Å². The van der Waals surface area contributed by atoms with Crippen LogP contribution >= 0.6 is 0 Å². The molecule has 0 spiro atoms. The lowest BCUT2D eigenvalue weighted by Gasteiger charge is -2.09. The van der Waals surface area contributed by atoms with Gasteiger partial charge in [0, 0.05) is 12.1 Å². The molecule has 1 aromatic carbocycles. The normalized spacial score (nSPS) is 10.7. The molecule has 0 bridgehead atoms. The van der Waals surface area contributed by atoms with Crippen molar-refractivity contribution < 1.29 is 27.5 Å². The standard InChI is InChI=1S/C13H11F4NO2/c14-10-3-4-11(9(8-10)2-1-7-19)12(20)18-6-5-13(15,16)17/h3-4,8,19H,5-7H2,(H,18,20).